The van der Waals surface area contributed by atoms with Crippen LogP contribution in [0.15, 0.2) is 90.6 Å². The highest BCUT2D eigenvalue weighted by molar-refractivity contribution is 5.83. The lowest BCUT2D eigenvalue weighted by molar-refractivity contribution is -0.291. The lowest BCUT2D eigenvalue weighted by atomic mass is 9.65. The largest absolute Gasteiger partial charge is 0.363 e. The zero-order valence-corrected chi connectivity index (χ0v) is 25.5. The topological polar surface area (TPSA) is 68.4 Å². The molecule has 7 rings (SSSR count). The van der Waals surface area contributed by atoms with Crippen LogP contribution in [-0.2, 0) is 16.1 Å². The molecule has 2 aromatic rings. The second-order valence-corrected chi connectivity index (χ2v) is 12.7. The van der Waals surface area contributed by atoms with Crippen LogP contribution in [0.5, 0.6) is 0 Å². The van der Waals surface area contributed by atoms with Gasteiger partial charge in [0.1, 0.15) is 29.7 Å². The van der Waals surface area contributed by atoms with Gasteiger partial charge in [0.15, 0.2) is 0 Å². The first-order chi connectivity index (χ1) is 21.3. The fourth-order valence-electron chi connectivity index (χ4n) is 8.11. The zero-order valence-electron chi connectivity index (χ0n) is 25.5. The number of allylic oxidation sites excluding steroid dienone is 3. The normalized spacial score (nSPS) is 33.4. The van der Waals surface area contributed by atoms with E-state index in [0.29, 0.717) is 6.54 Å². The average Bonchev–Trinajstić information content (AvgIpc) is 3.11. The summed E-state index contributed by atoms with van der Waals surface area (Å²) in [5.41, 5.74) is 2.77. The van der Waals surface area contributed by atoms with Gasteiger partial charge in [-0.1, -0.05) is 87.0 Å². The van der Waals surface area contributed by atoms with Gasteiger partial charge in [-0.15, -0.1) is 0 Å². The van der Waals surface area contributed by atoms with Crippen molar-refractivity contribution in [3.63, 3.8) is 0 Å². The molecule has 9 heteroatoms. The Morgan fingerprint density at radius 1 is 1.09 bits per heavy atom. The van der Waals surface area contributed by atoms with Gasteiger partial charge in [-0.05, 0) is 40.8 Å². The van der Waals surface area contributed by atoms with Crippen molar-refractivity contribution in [2.75, 3.05) is 26.7 Å². The van der Waals surface area contributed by atoms with Crippen molar-refractivity contribution >= 4 is 11.9 Å². The zero-order chi connectivity index (χ0) is 30.6. The molecule has 5 aliphatic rings. The minimum atomic E-state index is -0.499. The van der Waals surface area contributed by atoms with E-state index >= 15 is 0 Å². The van der Waals surface area contributed by atoms with Crippen molar-refractivity contribution < 1.29 is 18.7 Å². The molecule has 0 saturated carbocycles. The summed E-state index contributed by atoms with van der Waals surface area (Å²) in [6.07, 6.45) is 10.8. The van der Waals surface area contributed by atoms with Crippen LogP contribution >= 0.6 is 0 Å². The maximum Gasteiger partial charge on any atom is 0.334 e. The molecule has 5 heterocycles. The maximum atomic E-state index is 14.1. The number of likely N-dealkylation sites (N-methyl/N-ethyl adjacent to an activating group) is 1. The first-order valence-corrected chi connectivity index (χ1v) is 15.7. The molecule has 230 valence electrons. The average molecular weight is 598 g/mol. The highest BCUT2D eigenvalue weighted by atomic mass is 19.1. The van der Waals surface area contributed by atoms with E-state index in [1.54, 1.807) is 29.2 Å². The number of benzene rings is 2. The number of carbonyl (C=O) groups excluding carboxylic acids is 2. The predicted octanol–water partition coefficient (Wildman–Crippen LogP) is 4.44. The van der Waals surface area contributed by atoms with Crippen molar-refractivity contribution in [1.82, 2.24) is 25.1 Å². The molecule has 3 saturated heterocycles. The lowest BCUT2D eigenvalue weighted by Crippen LogP contribution is -2.89. The van der Waals surface area contributed by atoms with E-state index in [2.05, 4.69) is 78.7 Å². The monoisotopic (exact) mass is 597 g/mol. The van der Waals surface area contributed by atoms with Crippen LogP contribution in [0.3, 0.4) is 0 Å². The third-order valence-electron chi connectivity index (χ3n) is 10.3. The number of carbonyl (C=O) groups is 2. The Hall–Kier alpha value is -3.79. The molecule has 3 amide bonds. The summed E-state index contributed by atoms with van der Waals surface area (Å²) in [7, 11) is 1.80. The molecule has 7 atom stereocenters. The number of nitrogens with zero attached hydrogens (tertiary/aromatic N) is 4. The number of nitrogens with one attached hydrogen (secondary N) is 1. The highest BCUT2D eigenvalue weighted by Gasteiger charge is 2.70. The molecular formula is C35H40FN5O3. The Morgan fingerprint density at radius 2 is 1.86 bits per heavy atom. The van der Waals surface area contributed by atoms with E-state index < -0.39 is 11.7 Å². The van der Waals surface area contributed by atoms with E-state index in [1.165, 1.54) is 23.3 Å². The maximum absolute atomic E-state index is 14.1. The van der Waals surface area contributed by atoms with Gasteiger partial charge in [-0.3, -0.25) is 9.69 Å². The molecule has 8 nitrogen and oxygen atoms in total. The van der Waals surface area contributed by atoms with Crippen molar-refractivity contribution in [3.05, 3.63) is 107 Å². The molecule has 5 aliphatic heterocycles. The molecule has 2 aromatic carbocycles. The summed E-state index contributed by atoms with van der Waals surface area (Å²) in [6, 6.07) is 16.2. The molecule has 0 aliphatic carbocycles. The molecule has 3 fully saturated rings. The quantitative estimate of drug-likeness (QED) is 0.552. The minimum Gasteiger partial charge on any atom is -0.363 e. The van der Waals surface area contributed by atoms with Crippen LogP contribution < -0.4 is 5.32 Å². The first-order valence-electron chi connectivity index (χ1n) is 15.7. The van der Waals surface area contributed by atoms with E-state index in [-0.39, 0.29) is 60.9 Å². The van der Waals surface area contributed by atoms with Crippen LogP contribution in [0.25, 0.3) is 0 Å². The standard InChI is InChI=1S/C35H40FN5O3/c1-4-23(2)33-35-29-13-9-8-12-26(18-30(35)44-29)28(25-10-6-5-7-11-25)20-39(35)21-31-40(33)32(42)22-38(3)41(31)34(43)37-19-24-14-16-27(36)17-15-24/h5-18,23,28-31,33H,4,19-22H2,1-3H3,(H,37,43)/b12-8-,13-9-/t23?,28?,29?,30?,31-,33-,35?/m0/s1. The number of amides is 3. The van der Waals surface area contributed by atoms with E-state index in [0.717, 1.165) is 18.5 Å². The highest BCUT2D eigenvalue weighted by Crippen LogP contribution is 2.54. The summed E-state index contributed by atoms with van der Waals surface area (Å²) < 4.78 is 20.1. The van der Waals surface area contributed by atoms with Gasteiger partial charge in [0.25, 0.3) is 0 Å². The molecular weight excluding hydrogens is 557 g/mol. The van der Waals surface area contributed by atoms with Crippen molar-refractivity contribution in [1.29, 1.82) is 0 Å². The molecule has 1 spiro atoms. The molecule has 5 unspecified atom stereocenters. The van der Waals surface area contributed by atoms with Gasteiger partial charge < -0.3 is 15.0 Å². The number of hydrogen-bond donors (Lipinski definition) is 1. The van der Waals surface area contributed by atoms with Gasteiger partial charge >= 0.3 is 6.03 Å². The summed E-state index contributed by atoms with van der Waals surface area (Å²) in [6.45, 7) is 5.99. The van der Waals surface area contributed by atoms with E-state index in [9.17, 15) is 14.0 Å². The summed E-state index contributed by atoms with van der Waals surface area (Å²) in [5, 5.41) is 6.49. The second-order valence-electron chi connectivity index (χ2n) is 12.7. The van der Waals surface area contributed by atoms with Crippen molar-refractivity contribution in [2.24, 2.45) is 5.92 Å². The first kappa shape index (κ1) is 29.0. The summed E-state index contributed by atoms with van der Waals surface area (Å²) in [4.78, 5) is 32.6. The summed E-state index contributed by atoms with van der Waals surface area (Å²) >= 11 is 0. The predicted molar refractivity (Wildman–Crippen MR) is 165 cm³/mol. The molecule has 1 N–H and O–H groups in total. The molecule has 0 radical (unpaired) electrons. The second kappa shape index (κ2) is 11.3. The van der Waals surface area contributed by atoms with E-state index in [4.69, 9.17) is 4.74 Å². The lowest BCUT2D eigenvalue weighted by Gasteiger charge is -2.70. The Labute approximate surface area is 258 Å². The summed E-state index contributed by atoms with van der Waals surface area (Å²) in [5.74, 6) is -0.0398. The van der Waals surface area contributed by atoms with Crippen LogP contribution in [0, 0.1) is 11.7 Å². The number of ether oxygens (including phenoxy) is 1. The number of urea groups is 1. The number of fused-ring (bicyclic) bond motifs is 2. The Balaban J connectivity index is 1.30. The fraction of sp³-hybridized carbons (Fsp3) is 0.429. The van der Waals surface area contributed by atoms with Gasteiger partial charge in [0.05, 0.1) is 12.6 Å². The van der Waals surface area contributed by atoms with Gasteiger partial charge in [-0.25, -0.2) is 19.2 Å². The number of hydrogen-bond acceptors (Lipinski definition) is 5. The third-order valence-corrected chi connectivity index (χ3v) is 10.3. The Kier molecular flexibility index (Phi) is 7.43. The molecule has 3 bridgehead atoms. The van der Waals surface area contributed by atoms with Crippen LogP contribution in [-0.4, -0.2) is 88.4 Å². The van der Waals surface area contributed by atoms with E-state index in [1.807, 2.05) is 11.0 Å². The smallest absolute Gasteiger partial charge is 0.334 e. The van der Waals surface area contributed by atoms with Gasteiger partial charge in [0, 0.05) is 32.6 Å². The Morgan fingerprint density at radius 3 is 2.61 bits per heavy atom. The molecule has 44 heavy (non-hydrogen) atoms. The number of rotatable bonds is 5. The van der Waals surface area contributed by atoms with Gasteiger partial charge in [0.2, 0.25) is 5.91 Å². The molecule has 0 aromatic heterocycles. The Bertz CT molecular complexity index is 1510. The third kappa shape index (κ3) is 4.52. The SMILES string of the molecule is CCC(C)[C@@H]1N2C(=O)CN(C)N(C(=O)NCc3ccc(F)cc3)[C@H]2CN2CC(c3ccccc3)C3=CC4OC(/C=C\C=C/3)C412. The van der Waals surface area contributed by atoms with Gasteiger partial charge in [-0.2, -0.15) is 0 Å². The minimum absolute atomic E-state index is 0.0221. The van der Waals surface area contributed by atoms with Crippen molar-refractivity contribution in [2.45, 2.75) is 62.7 Å². The number of hydrazine groups is 1. The van der Waals surface area contributed by atoms with Crippen molar-refractivity contribution in [3.8, 4) is 0 Å². The van der Waals surface area contributed by atoms with Crippen LogP contribution in [0.2, 0.25) is 0 Å². The number of halogens is 1. The van der Waals surface area contributed by atoms with Crippen LogP contribution in [0.1, 0.15) is 37.3 Å². The fourth-order valence-corrected chi connectivity index (χ4v) is 8.11. The van der Waals surface area contributed by atoms with Crippen LogP contribution in [0.4, 0.5) is 9.18 Å². The number of piperazine rings is 1.